The van der Waals surface area contributed by atoms with Crippen molar-refractivity contribution in [2.45, 2.75) is 32.9 Å². The molecule has 3 rings (SSSR count). The van der Waals surface area contributed by atoms with Crippen LogP contribution in [0.4, 0.5) is 0 Å². The molecule has 0 heterocycles. The molecule has 34 heavy (non-hydrogen) atoms. The molecule has 176 valence electrons. The molecule has 0 aliphatic heterocycles. The summed E-state index contributed by atoms with van der Waals surface area (Å²) in [6.07, 6.45) is 1.43. The Hall–Kier alpha value is -4.13. The van der Waals surface area contributed by atoms with Crippen molar-refractivity contribution in [2.75, 3.05) is 7.11 Å². The van der Waals surface area contributed by atoms with E-state index < -0.39 is 11.8 Å². The molecule has 3 aromatic carbocycles. The third-order valence-electron chi connectivity index (χ3n) is 5.11. The van der Waals surface area contributed by atoms with Crippen LogP contribution < -0.4 is 20.2 Å². The van der Waals surface area contributed by atoms with Gasteiger partial charge in [0.05, 0.1) is 13.3 Å². The van der Waals surface area contributed by atoms with Crippen LogP contribution in [0.5, 0.6) is 11.5 Å². The van der Waals surface area contributed by atoms with Crippen LogP contribution in [0, 0.1) is 0 Å². The fourth-order valence-corrected chi connectivity index (χ4v) is 3.12. The molecule has 0 aliphatic rings. The summed E-state index contributed by atoms with van der Waals surface area (Å²) in [5, 5.41) is 6.45. The van der Waals surface area contributed by atoms with E-state index in [1.165, 1.54) is 11.8 Å². The summed E-state index contributed by atoms with van der Waals surface area (Å²) in [5.41, 5.74) is 6.09. The van der Waals surface area contributed by atoms with Gasteiger partial charge in [0.25, 0.3) is 0 Å². The topological polar surface area (TPSA) is 89.0 Å². The Morgan fingerprint density at radius 1 is 0.912 bits per heavy atom. The van der Waals surface area contributed by atoms with Gasteiger partial charge in [-0.3, -0.25) is 9.59 Å². The summed E-state index contributed by atoms with van der Waals surface area (Å²) in [5.74, 6) is -0.0387. The third-order valence-corrected chi connectivity index (χ3v) is 5.11. The highest BCUT2D eigenvalue weighted by Crippen LogP contribution is 2.28. The number of methoxy groups -OCH3 is 1. The second kappa shape index (κ2) is 12.2. The van der Waals surface area contributed by atoms with Crippen LogP contribution in [0.25, 0.3) is 0 Å². The maximum Gasteiger partial charge on any atom is 0.329 e. The van der Waals surface area contributed by atoms with Gasteiger partial charge in [0.15, 0.2) is 11.5 Å². The highest BCUT2D eigenvalue weighted by atomic mass is 16.5. The molecule has 3 aromatic rings. The fraction of sp³-hybridized carbons (Fsp3) is 0.222. The standard InChI is InChI=1S/C27H29N3O4/c1-19(2)23-12-9-20(10-13-23)16-28-26(31)27(32)30-29-17-22-11-14-24(25(15-22)33-3)34-18-21-7-5-4-6-8-21/h4-15,17,19H,16,18H2,1-3H3,(H,28,31)(H,30,32)/b29-17-. The van der Waals surface area contributed by atoms with E-state index >= 15 is 0 Å². The Morgan fingerprint density at radius 2 is 1.65 bits per heavy atom. The van der Waals surface area contributed by atoms with Gasteiger partial charge in [-0.1, -0.05) is 68.4 Å². The Bertz CT molecular complexity index is 1130. The first kappa shape index (κ1) is 24.5. The first-order valence-corrected chi connectivity index (χ1v) is 11.0. The number of hydrogen-bond donors (Lipinski definition) is 2. The molecule has 0 saturated heterocycles. The maximum absolute atomic E-state index is 12.0. The zero-order chi connectivity index (χ0) is 24.3. The molecule has 0 atom stereocenters. The highest BCUT2D eigenvalue weighted by molar-refractivity contribution is 6.35. The number of amides is 2. The second-order valence-electron chi connectivity index (χ2n) is 7.96. The van der Waals surface area contributed by atoms with Gasteiger partial charge >= 0.3 is 11.8 Å². The van der Waals surface area contributed by atoms with Gasteiger partial charge in [-0.2, -0.15) is 5.10 Å². The Morgan fingerprint density at radius 3 is 2.32 bits per heavy atom. The lowest BCUT2D eigenvalue weighted by atomic mass is 10.0. The van der Waals surface area contributed by atoms with Gasteiger partial charge in [0.1, 0.15) is 6.61 Å². The number of hydrazone groups is 1. The average molecular weight is 460 g/mol. The summed E-state index contributed by atoms with van der Waals surface area (Å²) >= 11 is 0. The van der Waals surface area contributed by atoms with E-state index in [0.717, 1.165) is 11.1 Å². The summed E-state index contributed by atoms with van der Waals surface area (Å²) < 4.78 is 11.2. The SMILES string of the molecule is COc1cc(/C=N\NC(=O)C(=O)NCc2ccc(C(C)C)cc2)ccc1OCc1ccccc1. The summed E-state index contributed by atoms with van der Waals surface area (Å²) in [7, 11) is 1.55. The molecule has 2 N–H and O–H groups in total. The molecule has 0 aliphatic carbocycles. The molecule has 2 amide bonds. The van der Waals surface area contributed by atoms with Crippen LogP contribution in [-0.4, -0.2) is 25.1 Å². The monoisotopic (exact) mass is 459 g/mol. The molecular formula is C27H29N3O4. The molecule has 0 saturated carbocycles. The van der Waals surface area contributed by atoms with E-state index in [1.807, 2.05) is 54.6 Å². The number of hydrogen-bond acceptors (Lipinski definition) is 5. The average Bonchev–Trinajstić information content (AvgIpc) is 2.87. The quantitative estimate of drug-likeness (QED) is 0.286. The number of benzene rings is 3. The number of nitrogens with one attached hydrogen (secondary N) is 2. The smallest absolute Gasteiger partial charge is 0.329 e. The lowest BCUT2D eigenvalue weighted by Gasteiger charge is -2.11. The molecule has 0 bridgehead atoms. The van der Waals surface area contributed by atoms with Crippen molar-refractivity contribution in [3.8, 4) is 11.5 Å². The lowest BCUT2D eigenvalue weighted by Crippen LogP contribution is -2.37. The van der Waals surface area contributed by atoms with Crippen molar-refractivity contribution in [3.05, 3.63) is 95.1 Å². The summed E-state index contributed by atoms with van der Waals surface area (Å²) in [6.45, 7) is 4.91. The molecule has 7 nitrogen and oxygen atoms in total. The zero-order valence-corrected chi connectivity index (χ0v) is 19.6. The first-order valence-electron chi connectivity index (χ1n) is 11.0. The Kier molecular flexibility index (Phi) is 8.80. The number of nitrogens with zero attached hydrogens (tertiary/aromatic N) is 1. The van der Waals surface area contributed by atoms with Crippen LogP contribution in [0.1, 0.15) is 42.0 Å². The first-order chi connectivity index (χ1) is 16.5. The van der Waals surface area contributed by atoms with Crippen LogP contribution in [0.2, 0.25) is 0 Å². The Balaban J connectivity index is 1.49. The van der Waals surface area contributed by atoms with E-state index in [0.29, 0.717) is 29.6 Å². The van der Waals surface area contributed by atoms with Crippen LogP contribution in [0.3, 0.4) is 0 Å². The van der Waals surface area contributed by atoms with Crippen molar-refractivity contribution in [3.63, 3.8) is 0 Å². The molecule has 0 radical (unpaired) electrons. The van der Waals surface area contributed by atoms with Crippen molar-refractivity contribution in [1.29, 1.82) is 0 Å². The van der Waals surface area contributed by atoms with Crippen LogP contribution in [-0.2, 0) is 22.7 Å². The molecule has 0 fully saturated rings. The van der Waals surface area contributed by atoms with Gasteiger partial charge in [-0.15, -0.1) is 0 Å². The minimum atomic E-state index is -0.843. The van der Waals surface area contributed by atoms with E-state index in [4.69, 9.17) is 9.47 Å². The number of rotatable bonds is 9. The van der Waals surface area contributed by atoms with E-state index in [1.54, 1.807) is 25.3 Å². The van der Waals surface area contributed by atoms with Crippen molar-refractivity contribution in [1.82, 2.24) is 10.7 Å². The molecule has 7 heteroatoms. The number of ether oxygens (including phenoxy) is 2. The van der Waals surface area contributed by atoms with Gasteiger partial charge < -0.3 is 14.8 Å². The third kappa shape index (κ3) is 7.20. The van der Waals surface area contributed by atoms with Gasteiger partial charge in [-0.05, 0) is 46.4 Å². The molecule has 0 aromatic heterocycles. The zero-order valence-electron chi connectivity index (χ0n) is 19.6. The predicted molar refractivity (Wildman–Crippen MR) is 132 cm³/mol. The minimum absolute atomic E-state index is 0.260. The predicted octanol–water partition coefficient (Wildman–Crippen LogP) is 4.16. The van der Waals surface area contributed by atoms with Crippen molar-refractivity contribution < 1.29 is 19.1 Å². The highest BCUT2D eigenvalue weighted by Gasteiger charge is 2.12. The summed E-state index contributed by atoms with van der Waals surface area (Å²) in [6, 6.07) is 23.0. The van der Waals surface area contributed by atoms with E-state index in [-0.39, 0.29) is 6.54 Å². The maximum atomic E-state index is 12.0. The largest absolute Gasteiger partial charge is 0.493 e. The van der Waals surface area contributed by atoms with Crippen molar-refractivity contribution in [2.24, 2.45) is 5.10 Å². The fourth-order valence-electron chi connectivity index (χ4n) is 3.12. The molecule has 0 unspecified atom stereocenters. The Labute approximate surface area is 199 Å². The minimum Gasteiger partial charge on any atom is -0.493 e. The van der Waals surface area contributed by atoms with Crippen LogP contribution in [0.15, 0.2) is 77.9 Å². The lowest BCUT2D eigenvalue weighted by molar-refractivity contribution is -0.139. The summed E-state index contributed by atoms with van der Waals surface area (Å²) in [4.78, 5) is 24.0. The molecule has 0 spiro atoms. The van der Waals surface area contributed by atoms with Crippen molar-refractivity contribution >= 4 is 18.0 Å². The van der Waals surface area contributed by atoms with Gasteiger partial charge in [0.2, 0.25) is 0 Å². The number of carbonyl (C=O) groups excluding carboxylic acids is 2. The van der Waals surface area contributed by atoms with Gasteiger partial charge in [0, 0.05) is 6.54 Å². The van der Waals surface area contributed by atoms with Crippen LogP contribution >= 0.6 is 0 Å². The normalized spacial score (nSPS) is 10.8. The molecular weight excluding hydrogens is 430 g/mol. The van der Waals surface area contributed by atoms with Gasteiger partial charge in [-0.25, -0.2) is 5.43 Å². The number of carbonyl (C=O) groups is 2. The second-order valence-corrected chi connectivity index (χ2v) is 7.96. The van der Waals surface area contributed by atoms with E-state index in [9.17, 15) is 9.59 Å². The van der Waals surface area contributed by atoms with E-state index in [2.05, 4.69) is 29.7 Å².